The van der Waals surface area contributed by atoms with Crippen LogP contribution in [-0.4, -0.2) is 10.5 Å². The Morgan fingerprint density at radius 2 is 1.86 bits per heavy atom. The fraction of sp³-hybridized carbons (Fsp3) is 0.0588. The lowest BCUT2D eigenvalue weighted by molar-refractivity contribution is 0.102. The second-order valence-electron chi connectivity index (χ2n) is 4.95. The lowest BCUT2D eigenvalue weighted by Gasteiger charge is -2.09. The number of benzene rings is 2. The maximum atomic E-state index is 12.4. The summed E-state index contributed by atoms with van der Waals surface area (Å²) in [5.41, 5.74) is 1.10. The van der Waals surface area contributed by atoms with E-state index in [0.717, 1.165) is 10.9 Å². The number of nitrogens with one attached hydrogen (secondary N) is 1. The summed E-state index contributed by atoms with van der Waals surface area (Å²) in [5.74, 6) is -0.450. The Bertz CT molecular complexity index is 931. The zero-order chi connectivity index (χ0) is 15.7. The third-order valence-electron chi connectivity index (χ3n) is 3.46. The molecule has 0 atom stereocenters. The van der Waals surface area contributed by atoms with Crippen molar-refractivity contribution in [2.24, 2.45) is 7.05 Å². The van der Waals surface area contributed by atoms with E-state index in [0.29, 0.717) is 10.7 Å². The molecule has 0 bridgehead atoms. The van der Waals surface area contributed by atoms with Gasteiger partial charge in [-0.05, 0) is 35.7 Å². The molecule has 1 amide bonds. The van der Waals surface area contributed by atoms with Crippen molar-refractivity contribution in [2.45, 2.75) is 0 Å². The zero-order valence-electron chi connectivity index (χ0n) is 11.8. The number of aromatic nitrogens is 1. The van der Waals surface area contributed by atoms with E-state index in [1.807, 2.05) is 24.3 Å². The van der Waals surface area contributed by atoms with Crippen molar-refractivity contribution in [3.05, 3.63) is 75.5 Å². The third kappa shape index (κ3) is 2.61. The molecule has 0 spiro atoms. The van der Waals surface area contributed by atoms with E-state index in [-0.39, 0.29) is 11.1 Å². The van der Waals surface area contributed by atoms with Crippen LogP contribution in [0.2, 0.25) is 5.02 Å². The van der Waals surface area contributed by atoms with E-state index in [1.54, 1.807) is 37.4 Å². The predicted octanol–water partition coefficient (Wildman–Crippen LogP) is 3.44. The van der Waals surface area contributed by atoms with Crippen molar-refractivity contribution in [3.63, 3.8) is 0 Å². The molecule has 0 saturated heterocycles. The van der Waals surface area contributed by atoms with Gasteiger partial charge in [-0.15, -0.1) is 0 Å². The summed E-state index contributed by atoms with van der Waals surface area (Å²) in [5, 5.41) is 4.05. The van der Waals surface area contributed by atoms with Gasteiger partial charge < -0.3 is 9.88 Å². The van der Waals surface area contributed by atoms with E-state index in [4.69, 9.17) is 11.6 Å². The van der Waals surface area contributed by atoms with Gasteiger partial charge in [0.25, 0.3) is 11.5 Å². The minimum Gasteiger partial charge on any atom is -0.322 e. The SMILES string of the molecule is Cn1c(=O)c(C(=O)Nc2cccc(Cl)c2)cc2ccccc21. The van der Waals surface area contributed by atoms with Crippen LogP contribution in [0.1, 0.15) is 10.4 Å². The highest BCUT2D eigenvalue weighted by atomic mass is 35.5. The molecule has 2 aromatic carbocycles. The van der Waals surface area contributed by atoms with Gasteiger partial charge in [-0.2, -0.15) is 0 Å². The first kappa shape index (κ1) is 14.4. The van der Waals surface area contributed by atoms with Crippen LogP contribution in [0.25, 0.3) is 10.9 Å². The maximum absolute atomic E-state index is 12.4. The second kappa shape index (κ2) is 5.66. The number of carbonyl (C=O) groups excluding carboxylic acids is 1. The van der Waals surface area contributed by atoms with Crippen LogP contribution >= 0.6 is 11.6 Å². The molecule has 4 nitrogen and oxygen atoms in total. The Hall–Kier alpha value is -2.59. The molecule has 3 rings (SSSR count). The predicted molar refractivity (Wildman–Crippen MR) is 88.6 cm³/mol. The number of carbonyl (C=O) groups is 1. The quantitative estimate of drug-likeness (QED) is 0.788. The Balaban J connectivity index is 2.04. The fourth-order valence-electron chi connectivity index (χ4n) is 2.35. The van der Waals surface area contributed by atoms with Crippen molar-refractivity contribution in [1.29, 1.82) is 0 Å². The van der Waals surface area contributed by atoms with E-state index in [9.17, 15) is 9.59 Å². The maximum Gasteiger partial charge on any atom is 0.263 e. The van der Waals surface area contributed by atoms with Crippen LogP contribution in [0.4, 0.5) is 5.69 Å². The first-order chi connectivity index (χ1) is 10.6. The molecule has 1 heterocycles. The summed E-state index contributed by atoms with van der Waals surface area (Å²) < 4.78 is 1.47. The Labute approximate surface area is 132 Å². The normalized spacial score (nSPS) is 10.6. The highest BCUT2D eigenvalue weighted by Gasteiger charge is 2.14. The first-order valence-electron chi connectivity index (χ1n) is 6.72. The number of anilines is 1. The zero-order valence-corrected chi connectivity index (χ0v) is 12.6. The molecule has 1 N–H and O–H groups in total. The van der Waals surface area contributed by atoms with Crippen LogP contribution in [0.5, 0.6) is 0 Å². The largest absolute Gasteiger partial charge is 0.322 e. The summed E-state index contributed by atoms with van der Waals surface area (Å²) in [6.45, 7) is 0. The van der Waals surface area contributed by atoms with Gasteiger partial charge in [-0.25, -0.2) is 0 Å². The number of pyridine rings is 1. The highest BCUT2D eigenvalue weighted by molar-refractivity contribution is 6.31. The summed E-state index contributed by atoms with van der Waals surface area (Å²) in [7, 11) is 1.65. The fourth-order valence-corrected chi connectivity index (χ4v) is 2.54. The average molecular weight is 313 g/mol. The number of hydrogen-bond donors (Lipinski definition) is 1. The first-order valence-corrected chi connectivity index (χ1v) is 7.10. The van der Waals surface area contributed by atoms with Crippen LogP contribution in [-0.2, 0) is 7.05 Å². The van der Waals surface area contributed by atoms with Crippen LogP contribution in [0, 0.1) is 0 Å². The molecule has 0 aliphatic carbocycles. The van der Waals surface area contributed by atoms with Gasteiger partial charge in [0.1, 0.15) is 5.56 Å². The lowest BCUT2D eigenvalue weighted by Crippen LogP contribution is -2.27. The van der Waals surface area contributed by atoms with Crippen molar-refractivity contribution in [3.8, 4) is 0 Å². The van der Waals surface area contributed by atoms with E-state index >= 15 is 0 Å². The third-order valence-corrected chi connectivity index (χ3v) is 3.70. The standard InChI is InChI=1S/C17H13ClN2O2/c1-20-15-8-3-2-5-11(15)9-14(17(20)22)16(21)19-13-7-4-6-12(18)10-13/h2-10H,1H3,(H,19,21). The number of para-hydroxylation sites is 1. The number of fused-ring (bicyclic) bond motifs is 1. The van der Waals surface area contributed by atoms with Gasteiger partial charge in [0, 0.05) is 17.8 Å². The molecule has 22 heavy (non-hydrogen) atoms. The summed E-state index contributed by atoms with van der Waals surface area (Å²) in [4.78, 5) is 24.7. The Kier molecular flexibility index (Phi) is 3.69. The van der Waals surface area contributed by atoms with Crippen LogP contribution in [0.15, 0.2) is 59.4 Å². The highest BCUT2D eigenvalue weighted by Crippen LogP contribution is 2.17. The number of amides is 1. The number of halogens is 1. The Morgan fingerprint density at radius 3 is 2.64 bits per heavy atom. The van der Waals surface area contributed by atoms with Crippen LogP contribution < -0.4 is 10.9 Å². The minimum absolute atomic E-state index is 0.0983. The van der Waals surface area contributed by atoms with Crippen molar-refractivity contribution < 1.29 is 4.79 Å². The summed E-state index contributed by atoms with van der Waals surface area (Å²) in [6.07, 6.45) is 0. The molecule has 0 radical (unpaired) electrons. The molecule has 0 saturated carbocycles. The van der Waals surface area contributed by atoms with Crippen LogP contribution in [0.3, 0.4) is 0 Å². The van der Waals surface area contributed by atoms with Crippen molar-refractivity contribution >= 4 is 34.1 Å². The van der Waals surface area contributed by atoms with Gasteiger partial charge >= 0.3 is 0 Å². The van der Waals surface area contributed by atoms with Gasteiger partial charge in [0.05, 0.1) is 5.52 Å². The molecule has 5 heteroatoms. The molecule has 0 unspecified atom stereocenters. The monoisotopic (exact) mass is 312 g/mol. The average Bonchev–Trinajstić information content (AvgIpc) is 2.51. The number of nitrogens with zero attached hydrogens (tertiary/aromatic N) is 1. The van der Waals surface area contributed by atoms with E-state index in [1.165, 1.54) is 4.57 Å². The second-order valence-corrected chi connectivity index (χ2v) is 5.38. The molecule has 3 aromatic rings. The molecule has 0 aliphatic rings. The van der Waals surface area contributed by atoms with Gasteiger partial charge in [-0.1, -0.05) is 35.9 Å². The molecular formula is C17H13ClN2O2. The van der Waals surface area contributed by atoms with Gasteiger partial charge in [0.15, 0.2) is 0 Å². The smallest absolute Gasteiger partial charge is 0.263 e. The van der Waals surface area contributed by atoms with Crippen molar-refractivity contribution in [2.75, 3.05) is 5.32 Å². The lowest BCUT2D eigenvalue weighted by atomic mass is 10.1. The number of aryl methyl sites for hydroxylation is 1. The van der Waals surface area contributed by atoms with E-state index < -0.39 is 5.91 Å². The molecular weight excluding hydrogens is 300 g/mol. The molecule has 0 aliphatic heterocycles. The topological polar surface area (TPSA) is 51.1 Å². The number of hydrogen-bond acceptors (Lipinski definition) is 2. The molecule has 110 valence electrons. The minimum atomic E-state index is -0.450. The summed E-state index contributed by atoms with van der Waals surface area (Å²) >= 11 is 5.89. The van der Waals surface area contributed by atoms with Gasteiger partial charge in [0.2, 0.25) is 0 Å². The van der Waals surface area contributed by atoms with E-state index in [2.05, 4.69) is 5.32 Å². The van der Waals surface area contributed by atoms with Crippen molar-refractivity contribution in [1.82, 2.24) is 4.57 Å². The molecule has 0 fully saturated rings. The number of rotatable bonds is 2. The molecule has 1 aromatic heterocycles. The Morgan fingerprint density at radius 1 is 1.09 bits per heavy atom. The van der Waals surface area contributed by atoms with Gasteiger partial charge in [-0.3, -0.25) is 9.59 Å². The summed E-state index contributed by atoms with van der Waals surface area (Å²) in [6, 6.07) is 15.8.